The van der Waals surface area contributed by atoms with Gasteiger partial charge < -0.3 is 13.9 Å². The predicted molar refractivity (Wildman–Crippen MR) is 57.5 cm³/mol. The first-order valence-electron chi connectivity index (χ1n) is 6.25. The lowest BCUT2D eigenvalue weighted by molar-refractivity contribution is -0.358. The van der Waals surface area contributed by atoms with Gasteiger partial charge in [-0.05, 0) is 12.8 Å². The molecule has 1 saturated heterocycles. The molecule has 0 bridgehead atoms. The second-order valence-electron chi connectivity index (χ2n) is 4.84. The van der Waals surface area contributed by atoms with Crippen LogP contribution in [0.3, 0.4) is 0 Å². The van der Waals surface area contributed by atoms with E-state index < -0.39 is 44.8 Å². The van der Waals surface area contributed by atoms with Gasteiger partial charge in [0.1, 0.15) is 0 Å². The van der Waals surface area contributed by atoms with Crippen LogP contribution in [0.4, 0.5) is 30.7 Å². The van der Waals surface area contributed by atoms with Crippen LogP contribution in [0.2, 0.25) is 0 Å². The molecule has 0 aromatic carbocycles. The van der Waals surface area contributed by atoms with Crippen LogP contribution in [-0.2, 0) is 13.6 Å². The standard InChI is InChI=1S/C10H14F7O4P/c11-8(12,9(13,14)10(15,16)17)6-7-4-2-1-3-5-20-22(18,19)21-7/h7H,1-6H2,(H,18,19)/p-1. The number of rotatable bonds is 3. The number of halogens is 7. The van der Waals surface area contributed by atoms with Crippen molar-refractivity contribution in [3.63, 3.8) is 0 Å². The number of hydrogen-bond donors (Lipinski definition) is 0. The summed E-state index contributed by atoms with van der Waals surface area (Å²) in [5.41, 5.74) is 0. The van der Waals surface area contributed by atoms with Crippen molar-refractivity contribution in [2.75, 3.05) is 6.61 Å². The van der Waals surface area contributed by atoms with Gasteiger partial charge in [0.2, 0.25) is 0 Å². The summed E-state index contributed by atoms with van der Waals surface area (Å²) in [4.78, 5) is 11.2. The molecule has 12 heteroatoms. The highest BCUT2D eigenvalue weighted by atomic mass is 31.2. The number of hydrogen-bond acceptors (Lipinski definition) is 4. The van der Waals surface area contributed by atoms with Crippen molar-refractivity contribution in [1.82, 2.24) is 0 Å². The Bertz CT molecular complexity index is 426. The molecule has 0 aliphatic carbocycles. The van der Waals surface area contributed by atoms with E-state index in [9.17, 15) is 40.2 Å². The van der Waals surface area contributed by atoms with Crippen LogP contribution in [0.15, 0.2) is 0 Å². The fourth-order valence-electron chi connectivity index (χ4n) is 1.85. The van der Waals surface area contributed by atoms with Gasteiger partial charge in [-0.2, -0.15) is 30.7 Å². The molecule has 0 spiro atoms. The number of phosphoric ester groups is 1. The highest BCUT2D eigenvalue weighted by Gasteiger charge is 2.73. The molecule has 2 unspecified atom stereocenters. The van der Waals surface area contributed by atoms with Gasteiger partial charge >= 0.3 is 18.0 Å². The van der Waals surface area contributed by atoms with Crippen LogP contribution < -0.4 is 4.89 Å². The molecule has 1 heterocycles. The quantitative estimate of drug-likeness (QED) is 0.569. The maximum absolute atomic E-state index is 13.3. The maximum Gasteiger partial charge on any atom is 0.459 e. The minimum Gasteiger partial charge on any atom is -0.756 e. The van der Waals surface area contributed by atoms with E-state index in [4.69, 9.17) is 0 Å². The van der Waals surface area contributed by atoms with E-state index in [2.05, 4.69) is 9.05 Å². The molecular weight excluding hydrogens is 348 g/mol. The third-order valence-corrected chi connectivity index (χ3v) is 4.05. The molecule has 1 fully saturated rings. The zero-order valence-electron chi connectivity index (χ0n) is 11.0. The van der Waals surface area contributed by atoms with Crippen LogP contribution in [0.25, 0.3) is 0 Å². The fourth-order valence-corrected chi connectivity index (χ4v) is 2.81. The van der Waals surface area contributed by atoms with Crippen molar-refractivity contribution in [1.29, 1.82) is 0 Å². The molecule has 1 rings (SSSR count). The first-order valence-corrected chi connectivity index (χ1v) is 7.71. The van der Waals surface area contributed by atoms with E-state index in [1.165, 1.54) is 0 Å². The van der Waals surface area contributed by atoms with Crippen molar-refractivity contribution in [3.05, 3.63) is 0 Å². The van der Waals surface area contributed by atoms with Gasteiger partial charge in [-0.25, -0.2) is 0 Å². The Kier molecular flexibility index (Phi) is 5.92. The van der Waals surface area contributed by atoms with Crippen LogP contribution in [0.1, 0.15) is 32.1 Å². The summed E-state index contributed by atoms with van der Waals surface area (Å²) in [5, 5.41) is 0. The summed E-state index contributed by atoms with van der Waals surface area (Å²) in [6.07, 6.45) is -10.3. The normalized spacial score (nSPS) is 29.5. The minimum absolute atomic E-state index is 0.127. The van der Waals surface area contributed by atoms with E-state index in [-0.39, 0.29) is 19.4 Å². The second kappa shape index (κ2) is 6.62. The lowest BCUT2D eigenvalue weighted by atomic mass is 10.00. The van der Waals surface area contributed by atoms with E-state index in [1.54, 1.807) is 0 Å². The Labute approximate surface area is 121 Å². The fraction of sp³-hybridized carbons (Fsp3) is 1.00. The smallest absolute Gasteiger partial charge is 0.459 e. The molecule has 1 aliphatic heterocycles. The third kappa shape index (κ3) is 4.81. The predicted octanol–water partition coefficient (Wildman–Crippen LogP) is 3.65. The van der Waals surface area contributed by atoms with E-state index in [1.807, 2.05) is 0 Å². The first-order chi connectivity index (χ1) is 9.79. The number of phosphoric acid groups is 1. The summed E-state index contributed by atoms with van der Waals surface area (Å²) >= 11 is 0. The Hall–Kier alpha value is -0.380. The van der Waals surface area contributed by atoms with Gasteiger partial charge in [0.05, 0.1) is 12.7 Å². The van der Waals surface area contributed by atoms with Crippen LogP contribution >= 0.6 is 7.82 Å². The lowest BCUT2D eigenvalue weighted by Crippen LogP contribution is -2.53. The van der Waals surface area contributed by atoms with E-state index >= 15 is 0 Å². The minimum atomic E-state index is -6.47. The average Bonchev–Trinajstić information content (AvgIpc) is 2.37. The third-order valence-electron chi connectivity index (χ3n) is 3.00. The molecular formula is C10H13F7O4P-. The first kappa shape index (κ1) is 19.7. The SMILES string of the molecule is O=P1([O-])OCCCCCC(CC(F)(F)C(F)(F)C(F)(F)F)O1. The zero-order chi connectivity index (χ0) is 17.2. The Morgan fingerprint density at radius 1 is 1.05 bits per heavy atom. The molecule has 0 aromatic rings. The molecule has 22 heavy (non-hydrogen) atoms. The summed E-state index contributed by atoms with van der Waals surface area (Å²) in [6, 6.07) is 0. The maximum atomic E-state index is 13.3. The Morgan fingerprint density at radius 3 is 2.18 bits per heavy atom. The monoisotopic (exact) mass is 361 g/mol. The second-order valence-corrected chi connectivity index (χ2v) is 6.20. The van der Waals surface area contributed by atoms with Crippen LogP contribution in [-0.4, -0.2) is 30.7 Å². The Balaban J connectivity index is 2.90. The lowest BCUT2D eigenvalue weighted by Gasteiger charge is -2.33. The van der Waals surface area contributed by atoms with Crippen molar-refractivity contribution in [3.8, 4) is 0 Å². The van der Waals surface area contributed by atoms with Crippen molar-refractivity contribution in [2.24, 2.45) is 0 Å². The van der Waals surface area contributed by atoms with Crippen molar-refractivity contribution < 1.29 is 49.2 Å². The van der Waals surface area contributed by atoms with E-state index in [0.29, 0.717) is 6.42 Å². The largest absolute Gasteiger partial charge is 0.756 e. The van der Waals surface area contributed by atoms with E-state index in [0.717, 1.165) is 0 Å². The highest BCUT2D eigenvalue weighted by Crippen LogP contribution is 2.51. The van der Waals surface area contributed by atoms with Gasteiger partial charge in [0, 0.05) is 6.42 Å². The molecule has 0 amide bonds. The molecule has 0 N–H and O–H groups in total. The van der Waals surface area contributed by atoms with Crippen LogP contribution in [0, 0.1) is 0 Å². The van der Waals surface area contributed by atoms with Gasteiger partial charge in [-0.1, -0.05) is 12.8 Å². The van der Waals surface area contributed by atoms with Crippen molar-refractivity contribution >= 4 is 7.82 Å². The topological polar surface area (TPSA) is 58.6 Å². The molecule has 0 saturated carbocycles. The molecule has 0 aromatic heterocycles. The molecule has 1 aliphatic rings. The van der Waals surface area contributed by atoms with Gasteiger partial charge in [0.15, 0.2) is 0 Å². The molecule has 4 nitrogen and oxygen atoms in total. The molecule has 132 valence electrons. The molecule has 0 radical (unpaired) electrons. The zero-order valence-corrected chi connectivity index (χ0v) is 11.9. The summed E-state index contributed by atoms with van der Waals surface area (Å²) in [6.45, 7) is -0.275. The van der Waals surface area contributed by atoms with Crippen molar-refractivity contribution in [2.45, 2.75) is 56.2 Å². The summed E-state index contributed by atoms with van der Waals surface area (Å²) in [7, 11) is -5.03. The molecule has 2 atom stereocenters. The van der Waals surface area contributed by atoms with Gasteiger partial charge in [0.25, 0.3) is 7.82 Å². The average molecular weight is 361 g/mol. The summed E-state index contributed by atoms with van der Waals surface area (Å²) in [5.74, 6) is -11.8. The summed E-state index contributed by atoms with van der Waals surface area (Å²) < 4.78 is 108. The van der Waals surface area contributed by atoms with Gasteiger partial charge in [-0.3, -0.25) is 4.57 Å². The Morgan fingerprint density at radius 2 is 1.64 bits per heavy atom. The number of alkyl halides is 7. The van der Waals surface area contributed by atoms with Gasteiger partial charge in [-0.15, -0.1) is 0 Å². The van der Waals surface area contributed by atoms with Crippen LogP contribution in [0.5, 0.6) is 0 Å². The highest BCUT2D eigenvalue weighted by molar-refractivity contribution is 7.45.